The van der Waals surface area contributed by atoms with Gasteiger partial charge in [0.05, 0.1) is 50.4 Å². The number of rotatable bonds is 18. The zero-order chi connectivity index (χ0) is 48.4. The highest BCUT2D eigenvalue weighted by Gasteiger charge is 2.32. The van der Waals surface area contributed by atoms with E-state index in [-0.39, 0.29) is 66.8 Å². The van der Waals surface area contributed by atoms with Gasteiger partial charge in [-0.25, -0.2) is 9.59 Å². The Labute approximate surface area is 400 Å². The zero-order valence-electron chi connectivity index (χ0n) is 39.0. The lowest BCUT2D eigenvalue weighted by molar-refractivity contribution is -0.109. The van der Waals surface area contributed by atoms with Crippen LogP contribution in [0, 0.1) is 0 Å². The number of aliphatic imine (C=N–C) groups is 1. The number of nitrogens with one attached hydrogen (secondary N) is 2. The summed E-state index contributed by atoms with van der Waals surface area (Å²) in [4.78, 5) is 59.9. The lowest BCUT2D eigenvalue weighted by atomic mass is 9.93. The number of hydrogen-bond acceptors (Lipinski definition) is 13. The molecule has 2 heterocycles. The van der Waals surface area contributed by atoms with Crippen molar-refractivity contribution in [2.45, 2.75) is 44.7 Å². The first-order chi connectivity index (χ1) is 33.6. The number of hydrogen-bond donors (Lipinski definition) is 2. The molecule has 6 aromatic rings. The fourth-order valence-electron chi connectivity index (χ4n) is 8.68. The van der Waals surface area contributed by atoms with Gasteiger partial charge in [-0.2, -0.15) is 0 Å². The van der Waals surface area contributed by atoms with Crippen LogP contribution in [-0.2, 0) is 46.9 Å². The van der Waals surface area contributed by atoms with Gasteiger partial charge in [0, 0.05) is 61.5 Å². The maximum atomic E-state index is 14.3. The lowest BCUT2D eigenvalue weighted by Gasteiger charge is -2.31. The number of anilines is 3. The molecule has 15 heteroatoms. The first-order valence-electron chi connectivity index (χ1n) is 22.3. The van der Waals surface area contributed by atoms with E-state index in [4.69, 9.17) is 33.4 Å². The molecule has 0 bridgehead atoms. The van der Waals surface area contributed by atoms with Crippen LogP contribution >= 0.6 is 0 Å². The number of carbonyl (C=O) groups excluding carboxylic acids is 4. The number of benzene rings is 6. The van der Waals surface area contributed by atoms with Crippen LogP contribution in [0.15, 0.2) is 120 Å². The molecule has 2 unspecified atom stereocenters. The van der Waals surface area contributed by atoms with Gasteiger partial charge in [0.1, 0.15) is 19.8 Å². The molecule has 6 aromatic carbocycles. The molecule has 15 nitrogen and oxygen atoms in total. The molecule has 354 valence electrons. The van der Waals surface area contributed by atoms with Crippen LogP contribution in [-0.4, -0.2) is 85.0 Å². The van der Waals surface area contributed by atoms with Crippen LogP contribution in [0.1, 0.15) is 48.5 Å². The molecule has 2 aliphatic heterocycles. The Bertz CT molecular complexity index is 2880. The summed E-state index contributed by atoms with van der Waals surface area (Å²) >= 11 is 0. The predicted molar refractivity (Wildman–Crippen MR) is 264 cm³/mol. The van der Waals surface area contributed by atoms with Crippen molar-refractivity contribution in [1.29, 1.82) is 0 Å². The Morgan fingerprint density at radius 1 is 0.739 bits per heavy atom. The molecule has 69 heavy (non-hydrogen) atoms. The highest BCUT2D eigenvalue weighted by Crippen LogP contribution is 2.43. The van der Waals surface area contributed by atoms with Crippen molar-refractivity contribution in [2.75, 3.05) is 57.1 Å². The fraction of sp³-hybridized carbons (Fsp3) is 0.241. The summed E-state index contributed by atoms with van der Waals surface area (Å²) in [6, 6.07) is 35.1. The Balaban J connectivity index is 1.07. The third kappa shape index (κ3) is 10.6. The van der Waals surface area contributed by atoms with Crippen molar-refractivity contribution < 1.29 is 47.6 Å². The van der Waals surface area contributed by atoms with Crippen LogP contribution in [0.2, 0.25) is 0 Å². The Kier molecular flexibility index (Phi) is 14.7. The summed E-state index contributed by atoms with van der Waals surface area (Å²) in [6.45, 7) is 0.141. The van der Waals surface area contributed by atoms with Crippen molar-refractivity contribution in [3.63, 3.8) is 0 Å². The molecule has 0 fully saturated rings. The van der Waals surface area contributed by atoms with E-state index in [1.165, 1.54) is 25.2 Å². The molecule has 2 N–H and O–H groups in total. The number of fused-ring (bicyclic) bond motifs is 4. The minimum absolute atomic E-state index is 0.000900. The number of likely N-dealkylation sites (N-methyl/N-ethyl adjacent to an activating group) is 1. The largest absolute Gasteiger partial charge is 0.493 e. The topological polar surface area (TPSA) is 167 Å². The number of aldehydes is 1. The smallest absolute Gasteiger partial charge is 0.414 e. The van der Waals surface area contributed by atoms with Crippen molar-refractivity contribution >= 4 is 53.7 Å². The van der Waals surface area contributed by atoms with Crippen LogP contribution in [0.4, 0.5) is 27.5 Å². The second-order valence-electron chi connectivity index (χ2n) is 16.5. The fourth-order valence-corrected chi connectivity index (χ4v) is 8.68. The van der Waals surface area contributed by atoms with E-state index < -0.39 is 12.1 Å². The Hall–Kier alpha value is -8.33. The number of amides is 2. The van der Waals surface area contributed by atoms with Gasteiger partial charge in [-0.15, -0.1) is 0 Å². The van der Waals surface area contributed by atoms with E-state index in [0.717, 1.165) is 39.2 Å². The van der Waals surface area contributed by atoms with E-state index >= 15 is 0 Å². The molecule has 8 rings (SSSR count). The minimum Gasteiger partial charge on any atom is -0.493 e. The monoisotopic (exact) mass is 931 g/mol. The van der Waals surface area contributed by atoms with Crippen LogP contribution in [0.3, 0.4) is 0 Å². The number of para-hydroxylation sites is 1. The van der Waals surface area contributed by atoms with Crippen molar-refractivity contribution in [3.8, 4) is 34.1 Å². The third-order valence-corrected chi connectivity index (χ3v) is 12.3. The molecular weight excluding hydrogens is 879 g/mol. The highest BCUT2D eigenvalue weighted by atomic mass is 16.6. The summed E-state index contributed by atoms with van der Waals surface area (Å²) in [5.41, 5.74) is 9.30. The molecule has 2 atom stereocenters. The van der Waals surface area contributed by atoms with Crippen LogP contribution < -0.4 is 39.4 Å². The van der Waals surface area contributed by atoms with E-state index in [2.05, 4.69) is 21.6 Å². The quantitative estimate of drug-likeness (QED) is 0.0623. The van der Waals surface area contributed by atoms with Crippen LogP contribution in [0.25, 0.3) is 11.1 Å². The summed E-state index contributed by atoms with van der Waals surface area (Å²) in [7, 11) is 8.14. The lowest BCUT2D eigenvalue weighted by Crippen LogP contribution is -2.44. The number of carbonyl (C=O) groups is 4. The van der Waals surface area contributed by atoms with Crippen molar-refractivity contribution in [1.82, 2.24) is 5.32 Å². The molecule has 0 radical (unpaired) electrons. The van der Waals surface area contributed by atoms with Crippen LogP contribution in [0.5, 0.6) is 23.0 Å². The first-order valence-corrected chi connectivity index (χ1v) is 22.3. The zero-order valence-corrected chi connectivity index (χ0v) is 39.0. The summed E-state index contributed by atoms with van der Waals surface area (Å²) in [6.07, 6.45) is 3.63. The number of nitrogens with zero attached hydrogens (tertiary/aromatic N) is 3. The Morgan fingerprint density at radius 2 is 1.42 bits per heavy atom. The normalized spacial score (nSPS) is 14.4. The van der Waals surface area contributed by atoms with Gasteiger partial charge in [0.2, 0.25) is 6.41 Å². The molecule has 0 saturated carbocycles. The van der Waals surface area contributed by atoms with E-state index in [1.807, 2.05) is 93.0 Å². The van der Waals surface area contributed by atoms with Gasteiger partial charge in [-0.1, -0.05) is 54.6 Å². The minimum atomic E-state index is -0.649. The average Bonchev–Trinajstić information content (AvgIpc) is 3.70. The number of ether oxygens (including phenoxy) is 6. The van der Waals surface area contributed by atoms with Gasteiger partial charge in [-0.05, 0) is 94.8 Å². The molecular formula is C54H53N5O10. The molecule has 0 aliphatic carbocycles. The summed E-state index contributed by atoms with van der Waals surface area (Å²) in [5.74, 6) is 0.802. The van der Waals surface area contributed by atoms with Gasteiger partial charge in [-0.3, -0.25) is 19.5 Å². The average molecular weight is 932 g/mol. The summed E-state index contributed by atoms with van der Waals surface area (Å²) < 4.78 is 35.4. The standard InChI is InChI=1S/C54H53N5O10/c1-55-41-16-14-34(15-17-41)30-69-54(63)59(28-43-22-38-11-7-9-13-47(38)58(43)2)48-26-52(49(64-3)23-40(48)29-60)68-32-36-18-35(19-39(20-36)53(62)66-5)31-67-51-25-46-45(24-50(51)65-4)44-12-8-6-10-37(44)21-42(27-56-46)57-33-61/h6-20,23-27,29,33,42-43,55H,21-22,28,30-32H2,1-5H3,(H,57,61). The van der Waals surface area contributed by atoms with Gasteiger partial charge in [0.15, 0.2) is 29.3 Å². The van der Waals surface area contributed by atoms with E-state index in [0.29, 0.717) is 53.9 Å². The maximum Gasteiger partial charge on any atom is 0.414 e. The molecule has 2 amide bonds. The van der Waals surface area contributed by atoms with Crippen molar-refractivity contribution in [3.05, 3.63) is 154 Å². The third-order valence-electron chi connectivity index (χ3n) is 12.3. The molecule has 0 spiro atoms. The second kappa shape index (κ2) is 21.5. The first kappa shape index (κ1) is 47.2. The molecule has 0 saturated heterocycles. The highest BCUT2D eigenvalue weighted by molar-refractivity contribution is 5.96. The predicted octanol–water partition coefficient (Wildman–Crippen LogP) is 8.75. The molecule has 2 aliphatic rings. The second-order valence-corrected chi connectivity index (χ2v) is 16.5. The van der Waals surface area contributed by atoms with Gasteiger partial charge >= 0.3 is 12.1 Å². The Morgan fingerprint density at radius 3 is 2.09 bits per heavy atom. The van der Waals surface area contributed by atoms with Gasteiger partial charge in [0.25, 0.3) is 0 Å². The van der Waals surface area contributed by atoms with Crippen molar-refractivity contribution in [2.24, 2.45) is 4.99 Å². The van der Waals surface area contributed by atoms with E-state index in [1.54, 1.807) is 37.6 Å². The number of esters is 1. The maximum absolute atomic E-state index is 14.3. The SMILES string of the molecule is CNc1ccc(COC(=O)N(CC2Cc3ccccc3N2C)c2cc(OCc3cc(COc4cc5c(cc4OC)-c4ccccc4CC(NC=O)C=N5)cc(C(=O)OC)c3)c(OC)cc2C=O)cc1. The molecule has 0 aromatic heterocycles. The summed E-state index contributed by atoms with van der Waals surface area (Å²) in [5, 5.41) is 5.91. The van der Waals surface area contributed by atoms with Gasteiger partial charge < -0.3 is 44.0 Å². The van der Waals surface area contributed by atoms with E-state index in [9.17, 15) is 19.2 Å². The number of methoxy groups -OCH3 is 3.